The molecule has 1 atom stereocenters. The zero-order valence-corrected chi connectivity index (χ0v) is 14.3. The van der Waals surface area contributed by atoms with Crippen molar-refractivity contribution in [3.8, 4) is 0 Å². The number of hydrogen-bond donors (Lipinski definition) is 0. The topological polar surface area (TPSA) is 32.8 Å². The SMILES string of the molecule is CN(CCC1CCOCC1)C(=O)[C@H](c1ccc(F)cc1)N(C)C. The molecule has 1 aromatic rings. The Morgan fingerprint density at radius 1 is 1.22 bits per heavy atom. The van der Waals surface area contributed by atoms with Gasteiger partial charge in [0.25, 0.3) is 0 Å². The predicted molar refractivity (Wildman–Crippen MR) is 88.6 cm³/mol. The largest absolute Gasteiger partial charge is 0.381 e. The average Bonchev–Trinajstić information content (AvgIpc) is 2.55. The Labute approximate surface area is 138 Å². The van der Waals surface area contributed by atoms with Crippen LogP contribution >= 0.6 is 0 Å². The fourth-order valence-corrected chi connectivity index (χ4v) is 3.04. The van der Waals surface area contributed by atoms with E-state index in [1.54, 1.807) is 17.0 Å². The molecule has 4 nitrogen and oxygen atoms in total. The molecular weight excluding hydrogens is 295 g/mol. The number of amides is 1. The number of ether oxygens (including phenoxy) is 1. The molecule has 0 aromatic heterocycles. The molecule has 23 heavy (non-hydrogen) atoms. The fraction of sp³-hybridized carbons (Fsp3) is 0.611. The van der Waals surface area contributed by atoms with Crippen LogP contribution in [0.5, 0.6) is 0 Å². The normalized spacial score (nSPS) is 17.3. The summed E-state index contributed by atoms with van der Waals surface area (Å²) in [5, 5.41) is 0. The highest BCUT2D eigenvalue weighted by molar-refractivity contribution is 5.83. The van der Waals surface area contributed by atoms with Crippen LogP contribution in [0.15, 0.2) is 24.3 Å². The van der Waals surface area contributed by atoms with Gasteiger partial charge in [0.05, 0.1) is 0 Å². The Morgan fingerprint density at radius 2 is 1.83 bits per heavy atom. The lowest BCUT2D eigenvalue weighted by atomic mass is 9.96. The van der Waals surface area contributed by atoms with Crippen molar-refractivity contribution in [1.29, 1.82) is 0 Å². The van der Waals surface area contributed by atoms with E-state index in [0.717, 1.165) is 44.6 Å². The molecule has 128 valence electrons. The van der Waals surface area contributed by atoms with Crippen molar-refractivity contribution in [3.05, 3.63) is 35.6 Å². The van der Waals surface area contributed by atoms with E-state index < -0.39 is 0 Å². The van der Waals surface area contributed by atoms with Gasteiger partial charge in [0.2, 0.25) is 5.91 Å². The zero-order chi connectivity index (χ0) is 16.8. The molecule has 1 fully saturated rings. The summed E-state index contributed by atoms with van der Waals surface area (Å²) < 4.78 is 18.5. The minimum absolute atomic E-state index is 0.0497. The molecule has 0 aliphatic carbocycles. The molecule has 0 bridgehead atoms. The molecule has 5 heteroatoms. The molecule has 1 aromatic carbocycles. The van der Waals surface area contributed by atoms with Crippen molar-refractivity contribution in [2.24, 2.45) is 5.92 Å². The van der Waals surface area contributed by atoms with E-state index in [9.17, 15) is 9.18 Å². The van der Waals surface area contributed by atoms with E-state index in [0.29, 0.717) is 5.92 Å². The summed E-state index contributed by atoms with van der Waals surface area (Å²) in [5.74, 6) is 0.405. The second-order valence-electron chi connectivity index (χ2n) is 6.52. The smallest absolute Gasteiger partial charge is 0.244 e. The Bertz CT molecular complexity index is 498. The third-order valence-electron chi connectivity index (χ3n) is 4.53. The monoisotopic (exact) mass is 322 g/mol. The molecule has 1 saturated heterocycles. The third-order valence-corrected chi connectivity index (χ3v) is 4.53. The van der Waals surface area contributed by atoms with Crippen LogP contribution in [0.2, 0.25) is 0 Å². The minimum Gasteiger partial charge on any atom is -0.381 e. The highest BCUT2D eigenvalue weighted by atomic mass is 19.1. The summed E-state index contributed by atoms with van der Waals surface area (Å²) in [6.45, 7) is 2.41. The van der Waals surface area contributed by atoms with Crippen molar-refractivity contribution in [1.82, 2.24) is 9.80 Å². The molecule has 1 aliphatic heterocycles. The quantitative estimate of drug-likeness (QED) is 0.807. The second kappa shape index (κ2) is 8.41. The highest BCUT2D eigenvalue weighted by Crippen LogP contribution is 2.23. The van der Waals surface area contributed by atoms with Crippen molar-refractivity contribution >= 4 is 5.91 Å². The number of hydrogen-bond acceptors (Lipinski definition) is 3. The maximum absolute atomic E-state index is 13.1. The molecule has 2 rings (SSSR count). The Morgan fingerprint density at radius 3 is 2.39 bits per heavy atom. The van der Waals surface area contributed by atoms with Gasteiger partial charge in [0.1, 0.15) is 11.9 Å². The second-order valence-corrected chi connectivity index (χ2v) is 6.52. The highest BCUT2D eigenvalue weighted by Gasteiger charge is 2.26. The number of likely N-dealkylation sites (N-methyl/N-ethyl adjacent to an activating group) is 2. The molecule has 0 radical (unpaired) electrons. The number of halogens is 1. The maximum atomic E-state index is 13.1. The van der Waals surface area contributed by atoms with Crippen LogP contribution in [0.1, 0.15) is 30.9 Å². The Balaban J connectivity index is 1.97. The van der Waals surface area contributed by atoms with Crippen LogP contribution in [0.4, 0.5) is 4.39 Å². The van der Waals surface area contributed by atoms with Crippen LogP contribution in [0.3, 0.4) is 0 Å². The molecule has 0 N–H and O–H groups in total. The van der Waals surface area contributed by atoms with Crippen LogP contribution < -0.4 is 0 Å². The van der Waals surface area contributed by atoms with Gasteiger partial charge in [-0.15, -0.1) is 0 Å². The maximum Gasteiger partial charge on any atom is 0.244 e. The fourth-order valence-electron chi connectivity index (χ4n) is 3.04. The summed E-state index contributed by atoms with van der Waals surface area (Å²) in [5.41, 5.74) is 0.819. The van der Waals surface area contributed by atoms with Crippen molar-refractivity contribution < 1.29 is 13.9 Å². The van der Waals surface area contributed by atoms with E-state index in [4.69, 9.17) is 4.74 Å². The van der Waals surface area contributed by atoms with Crippen LogP contribution in [0, 0.1) is 11.7 Å². The Kier molecular flexibility index (Phi) is 6.54. The number of carbonyl (C=O) groups excluding carboxylic acids is 1. The molecule has 1 heterocycles. The summed E-state index contributed by atoms with van der Waals surface area (Å²) in [6.07, 6.45) is 3.17. The first-order chi connectivity index (χ1) is 11.0. The van der Waals surface area contributed by atoms with Gasteiger partial charge in [-0.2, -0.15) is 0 Å². The molecule has 0 spiro atoms. The van der Waals surface area contributed by atoms with Gasteiger partial charge in [-0.05, 0) is 57.0 Å². The first-order valence-corrected chi connectivity index (χ1v) is 8.23. The van der Waals surface area contributed by atoms with Crippen LogP contribution in [-0.4, -0.2) is 56.6 Å². The van der Waals surface area contributed by atoms with Crippen LogP contribution in [-0.2, 0) is 9.53 Å². The summed E-state index contributed by atoms with van der Waals surface area (Å²) in [4.78, 5) is 16.5. The molecule has 0 unspecified atom stereocenters. The van der Waals surface area contributed by atoms with Gasteiger partial charge < -0.3 is 9.64 Å². The minimum atomic E-state index is -0.379. The molecular formula is C18H27FN2O2. The summed E-state index contributed by atoms with van der Waals surface area (Å²) >= 11 is 0. The molecule has 1 aliphatic rings. The standard InChI is InChI=1S/C18H27FN2O2/c1-20(2)17(15-4-6-16(19)7-5-15)18(22)21(3)11-8-14-9-12-23-13-10-14/h4-7,14,17H,8-13H2,1-3H3/t17-/m0/s1. The van der Waals surface area contributed by atoms with Gasteiger partial charge in [-0.25, -0.2) is 4.39 Å². The van der Waals surface area contributed by atoms with E-state index in [1.807, 2.05) is 26.0 Å². The van der Waals surface area contributed by atoms with Gasteiger partial charge in [0.15, 0.2) is 0 Å². The molecule has 1 amide bonds. The van der Waals surface area contributed by atoms with E-state index in [2.05, 4.69) is 0 Å². The summed E-state index contributed by atoms with van der Waals surface area (Å²) in [7, 11) is 5.60. The number of nitrogens with zero attached hydrogens (tertiary/aromatic N) is 2. The van der Waals surface area contributed by atoms with E-state index >= 15 is 0 Å². The van der Waals surface area contributed by atoms with Crippen molar-refractivity contribution in [2.75, 3.05) is 40.9 Å². The van der Waals surface area contributed by atoms with Crippen molar-refractivity contribution in [3.63, 3.8) is 0 Å². The van der Waals surface area contributed by atoms with Gasteiger partial charge >= 0.3 is 0 Å². The zero-order valence-electron chi connectivity index (χ0n) is 14.3. The van der Waals surface area contributed by atoms with Crippen molar-refractivity contribution in [2.45, 2.75) is 25.3 Å². The number of carbonyl (C=O) groups is 1. The number of benzene rings is 1. The lowest BCUT2D eigenvalue weighted by molar-refractivity contribution is -0.135. The van der Waals surface area contributed by atoms with Gasteiger partial charge in [-0.3, -0.25) is 9.69 Å². The van der Waals surface area contributed by atoms with Crippen LogP contribution in [0.25, 0.3) is 0 Å². The van der Waals surface area contributed by atoms with Gasteiger partial charge in [0, 0.05) is 26.8 Å². The molecule has 0 saturated carbocycles. The first kappa shape index (κ1) is 17.9. The first-order valence-electron chi connectivity index (χ1n) is 8.23. The number of rotatable bonds is 6. The third kappa shape index (κ3) is 5.01. The van der Waals surface area contributed by atoms with Gasteiger partial charge in [-0.1, -0.05) is 12.1 Å². The average molecular weight is 322 g/mol. The Hall–Kier alpha value is -1.46. The summed E-state index contributed by atoms with van der Waals surface area (Å²) in [6, 6.07) is 5.80. The lowest BCUT2D eigenvalue weighted by Gasteiger charge is -2.30. The van der Waals surface area contributed by atoms with E-state index in [-0.39, 0.29) is 17.8 Å². The lowest BCUT2D eigenvalue weighted by Crippen LogP contribution is -2.39. The van der Waals surface area contributed by atoms with E-state index in [1.165, 1.54) is 12.1 Å². The predicted octanol–water partition coefficient (Wildman–Crippen LogP) is 2.70.